The van der Waals surface area contributed by atoms with Gasteiger partial charge in [0.05, 0.1) is 11.1 Å². The quantitative estimate of drug-likeness (QED) is 0.741. The molecule has 0 radical (unpaired) electrons. The number of fused-ring (bicyclic) bond motifs is 1. The minimum atomic E-state index is -0.450. The first-order valence-corrected chi connectivity index (χ1v) is 11.0. The summed E-state index contributed by atoms with van der Waals surface area (Å²) in [6.45, 7) is 9.99. The Hall–Kier alpha value is -2.73. The number of aromatic nitrogens is 1. The van der Waals surface area contributed by atoms with Crippen LogP contribution in [0.15, 0.2) is 42.0 Å². The van der Waals surface area contributed by atoms with E-state index in [-0.39, 0.29) is 22.9 Å². The van der Waals surface area contributed by atoms with E-state index in [1.807, 2.05) is 35.2 Å². The lowest BCUT2D eigenvalue weighted by atomic mass is 9.82. The van der Waals surface area contributed by atoms with Crippen molar-refractivity contribution in [3.63, 3.8) is 0 Å². The maximum atomic E-state index is 13.1. The van der Waals surface area contributed by atoms with E-state index in [9.17, 15) is 9.59 Å². The zero-order chi connectivity index (χ0) is 22.4. The molecule has 4 rings (SSSR count). The fraction of sp³-hybridized carbons (Fsp3) is 0.480. The van der Waals surface area contributed by atoms with Crippen molar-refractivity contribution in [2.45, 2.75) is 64.0 Å². The van der Waals surface area contributed by atoms with E-state index < -0.39 is 5.91 Å². The Bertz CT molecular complexity index is 1070. The normalized spacial score (nSPS) is 22.4. The molecule has 6 heteroatoms. The molecule has 6 nitrogen and oxygen atoms in total. The van der Waals surface area contributed by atoms with Crippen molar-refractivity contribution in [1.29, 1.82) is 0 Å². The van der Waals surface area contributed by atoms with Crippen LogP contribution >= 0.6 is 0 Å². The second kappa shape index (κ2) is 7.75. The summed E-state index contributed by atoms with van der Waals surface area (Å²) in [5.41, 5.74) is 8.78. The molecular formula is C25H32N4O2. The molecule has 164 valence electrons. The van der Waals surface area contributed by atoms with Crippen LogP contribution in [-0.2, 0) is 4.79 Å². The van der Waals surface area contributed by atoms with Crippen LogP contribution in [0.1, 0.15) is 68.9 Å². The standard InChI is InChI=1S/C25H32N4O2/c1-24(2)13-16(14-25(3,4)28-24)11-22(30)29-10-9-17(15-29)21-12-19(23(26)31)18-7-5-6-8-20(18)27-21/h5-8,12-13,17,28H,9-11,14-15H2,1-4H3,(H2,26,31)/t17-/m0/s1. The fourth-order valence-corrected chi connectivity index (χ4v) is 5.34. The van der Waals surface area contributed by atoms with Crippen molar-refractivity contribution in [1.82, 2.24) is 15.2 Å². The van der Waals surface area contributed by atoms with Crippen molar-refractivity contribution in [2.75, 3.05) is 13.1 Å². The first kappa shape index (κ1) is 21.5. The van der Waals surface area contributed by atoms with Gasteiger partial charge in [-0.05, 0) is 52.7 Å². The lowest BCUT2D eigenvalue weighted by Gasteiger charge is -2.41. The molecule has 2 aliphatic rings. The molecule has 1 fully saturated rings. The van der Waals surface area contributed by atoms with Crippen LogP contribution in [0.4, 0.5) is 0 Å². The van der Waals surface area contributed by atoms with Crippen LogP contribution in [0.5, 0.6) is 0 Å². The number of nitrogens with two attached hydrogens (primary N) is 1. The zero-order valence-electron chi connectivity index (χ0n) is 18.9. The average molecular weight is 421 g/mol. The van der Waals surface area contributed by atoms with Gasteiger partial charge in [0.2, 0.25) is 11.8 Å². The van der Waals surface area contributed by atoms with Crippen LogP contribution in [0.2, 0.25) is 0 Å². The van der Waals surface area contributed by atoms with Crippen LogP contribution in [-0.4, -0.2) is 45.9 Å². The van der Waals surface area contributed by atoms with E-state index in [4.69, 9.17) is 10.7 Å². The number of rotatable bonds is 4. The Morgan fingerprint density at radius 3 is 2.68 bits per heavy atom. The van der Waals surface area contributed by atoms with Crippen molar-refractivity contribution in [3.8, 4) is 0 Å². The highest BCUT2D eigenvalue weighted by atomic mass is 16.2. The Kier molecular flexibility index (Phi) is 5.38. The summed E-state index contributed by atoms with van der Waals surface area (Å²) in [4.78, 5) is 31.8. The largest absolute Gasteiger partial charge is 0.366 e. The number of carbonyl (C=O) groups excluding carboxylic acids is 2. The molecule has 2 aromatic rings. The summed E-state index contributed by atoms with van der Waals surface area (Å²) < 4.78 is 0. The Morgan fingerprint density at radius 2 is 1.97 bits per heavy atom. The van der Waals surface area contributed by atoms with E-state index in [0.29, 0.717) is 25.1 Å². The molecule has 2 amide bonds. The molecule has 1 aromatic heterocycles. The zero-order valence-corrected chi connectivity index (χ0v) is 18.9. The number of amides is 2. The summed E-state index contributed by atoms with van der Waals surface area (Å²) in [7, 11) is 0. The second-order valence-corrected chi connectivity index (χ2v) is 10.2. The summed E-state index contributed by atoms with van der Waals surface area (Å²) >= 11 is 0. The van der Waals surface area contributed by atoms with E-state index in [0.717, 1.165) is 29.4 Å². The van der Waals surface area contributed by atoms with Crippen LogP contribution in [0.3, 0.4) is 0 Å². The Labute approximate surface area is 183 Å². The first-order chi connectivity index (χ1) is 14.5. The molecule has 2 aliphatic heterocycles. The van der Waals surface area contributed by atoms with Crippen molar-refractivity contribution in [3.05, 3.63) is 53.2 Å². The molecular weight excluding hydrogens is 388 g/mol. The molecule has 0 spiro atoms. The molecule has 0 unspecified atom stereocenters. The third-order valence-electron chi connectivity index (χ3n) is 6.23. The van der Waals surface area contributed by atoms with Gasteiger partial charge in [-0.1, -0.05) is 29.8 Å². The average Bonchev–Trinajstić information content (AvgIpc) is 3.14. The highest BCUT2D eigenvalue weighted by Gasteiger charge is 2.34. The van der Waals surface area contributed by atoms with Gasteiger partial charge in [-0.3, -0.25) is 14.6 Å². The van der Waals surface area contributed by atoms with Gasteiger partial charge >= 0.3 is 0 Å². The van der Waals surface area contributed by atoms with Crippen LogP contribution in [0.25, 0.3) is 10.9 Å². The van der Waals surface area contributed by atoms with Crippen molar-refractivity contribution in [2.24, 2.45) is 5.73 Å². The number of primary amides is 1. The SMILES string of the molecule is CC1(C)C=C(CC(=O)N2CC[C@H](c3cc(C(N)=O)c4ccccc4n3)C2)CC(C)(C)N1. The summed E-state index contributed by atoms with van der Waals surface area (Å²) in [6, 6.07) is 9.36. The van der Waals surface area contributed by atoms with Gasteiger partial charge in [0.15, 0.2) is 0 Å². The van der Waals surface area contributed by atoms with Crippen LogP contribution < -0.4 is 11.1 Å². The number of benzene rings is 1. The number of para-hydroxylation sites is 1. The van der Waals surface area contributed by atoms with Gasteiger partial charge in [-0.25, -0.2) is 0 Å². The smallest absolute Gasteiger partial charge is 0.249 e. The highest BCUT2D eigenvalue weighted by Crippen LogP contribution is 2.32. The van der Waals surface area contributed by atoms with Gasteiger partial charge < -0.3 is 16.0 Å². The topological polar surface area (TPSA) is 88.3 Å². The summed E-state index contributed by atoms with van der Waals surface area (Å²) in [6.07, 6.45) is 4.37. The Balaban J connectivity index is 1.50. The van der Waals surface area contributed by atoms with E-state index in [1.54, 1.807) is 0 Å². The maximum absolute atomic E-state index is 13.1. The monoisotopic (exact) mass is 420 g/mol. The number of nitrogens with one attached hydrogen (secondary N) is 1. The Morgan fingerprint density at radius 1 is 1.23 bits per heavy atom. The molecule has 0 aliphatic carbocycles. The third kappa shape index (κ3) is 4.64. The van der Waals surface area contributed by atoms with Gasteiger partial charge in [0, 0.05) is 47.6 Å². The van der Waals surface area contributed by atoms with Gasteiger partial charge in [0.25, 0.3) is 0 Å². The molecule has 1 saturated heterocycles. The van der Waals surface area contributed by atoms with Gasteiger partial charge in [-0.2, -0.15) is 0 Å². The van der Waals surface area contributed by atoms with Gasteiger partial charge in [-0.15, -0.1) is 0 Å². The molecule has 31 heavy (non-hydrogen) atoms. The minimum Gasteiger partial charge on any atom is -0.366 e. The molecule has 1 aromatic carbocycles. The third-order valence-corrected chi connectivity index (χ3v) is 6.23. The predicted molar refractivity (Wildman–Crippen MR) is 123 cm³/mol. The fourth-order valence-electron chi connectivity index (χ4n) is 5.34. The number of hydrogen-bond acceptors (Lipinski definition) is 4. The lowest BCUT2D eigenvalue weighted by molar-refractivity contribution is -0.129. The molecule has 3 N–H and O–H groups in total. The molecule has 3 heterocycles. The number of nitrogens with zero attached hydrogens (tertiary/aromatic N) is 2. The number of hydrogen-bond donors (Lipinski definition) is 2. The molecule has 0 saturated carbocycles. The number of pyridine rings is 1. The minimum absolute atomic E-state index is 0.0262. The summed E-state index contributed by atoms with van der Waals surface area (Å²) in [5, 5.41) is 4.39. The van der Waals surface area contributed by atoms with Crippen LogP contribution in [0, 0.1) is 0 Å². The lowest BCUT2D eigenvalue weighted by Crippen LogP contribution is -2.54. The van der Waals surface area contributed by atoms with Gasteiger partial charge in [0.1, 0.15) is 0 Å². The number of likely N-dealkylation sites (tertiary alicyclic amines) is 1. The van der Waals surface area contributed by atoms with E-state index in [1.165, 1.54) is 5.57 Å². The van der Waals surface area contributed by atoms with Crippen molar-refractivity contribution < 1.29 is 9.59 Å². The number of carbonyl (C=O) groups is 2. The van der Waals surface area contributed by atoms with E-state index in [2.05, 4.69) is 39.1 Å². The summed E-state index contributed by atoms with van der Waals surface area (Å²) in [5.74, 6) is -0.173. The highest BCUT2D eigenvalue weighted by molar-refractivity contribution is 6.05. The van der Waals surface area contributed by atoms with E-state index >= 15 is 0 Å². The molecule has 1 atom stereocenters. The first-order valence-electron chi connectivity index (χ1n) is 11.0. The second-order valence-electron chi connectivity index (χ2n) is 10.2. The predicted octanol–water partition coefficient (Wildman–Crippen LogP) is 3.52. The maximum Gasteiger partial charge on any atom is 0.249 e. The van der Waals surface area contributed by atoms with Crippen molar-refractivity contribution >= 4 is 22.7 Å². The molecule has 0 bridgehead atoms.